The lowest BCUT2D eigenvalue weighted by Gasteiger charge is -2.02. The van der Waals surface area contributed by atoms with Crippen LogP contribution in [-0.4, -0.2) is 50.7 Å². The van der Waals surface area contributed by atoms with Gasteiger partial charge in [-0.25, -0.2) is 19.6 Å². The molecule has 2 aromatic rings. The number of aryl methyl sites for hydroxylation is 2. The van der Waals surface area contributed by atoms with Gasteiger partial charge in [0.1, 0.15) is 0 Å². The highest BCUT2D eigenvalue weighted by molar-refractivity contribution is 8.15. The second kappa shape index (κ2) is 17.7. The van der Waals surface area contributed by atoms with Crippen LogP contribution < -0.4 is 20.2 Å². The van der Waals surface area contributed by atoms with E-state index >= 15 is 0 Å². The van der Waals surface area contributed by atoms with Crippen LogP contribution >= 0.6 is 23.5 Å². The molecule has 0 radical (unpaired) electrons. The molecule has 0 spiro atoms. The van der Waals surface area contributed by atoms with Crippen molar-refractivity contribution >= 4 is 47.4 Å². The monoisotopic (exact) mass is 470 g/mol. The van der Waals surface area contributed by atoms with Crippen LogP contribution in [0.1, 0.15) is 11.1 Å². The first kappa shape index (κ1) is 27.9. The zero-order chi connectivity index (χ0) is 23.5. The smallest absolute Gasteiger partial charge is 0.351 e. The van der Waals surface area contributed by atoms with Crippen molar-refractivity contribution in [1.29, 1.82) is 0 Å². The van der Waals surface area contributed by atoms with Crippen LogP contribution in [-0.2, 0) is 32.0 Å². The Kier molecular flexibility index (Phi) is 15.9. The van der Waals surface area contributed by atoms with Crippen LogP contribution in [0, 0.1) is 0 Å². The summed E-state index contributed by atoms with van der Waals surface area (Å²) in [7, 11) is 0. The van der Waals surface area contributed by atoms with Crippen LogP contribution in [0.3, 0.4) is 0 Å². The van der Waals surface area contributed by atoms with Gasteiger partial charge in [-0.15, -0.1) is 0 Å². The number of carbonyl (C=O) groups excluding carboxylic acids is 2. The van der Waals surface area contributed by atoms with Crippen molar-refractivity contribution in [3.05, 3.63) is 60.2 Å². The Morgan fingerprint density at radius 2 is 1.00 bits per heavy atom. The second-order valence-corrected chi connectivity index (χ2v) is 8.01. The van der Waals surface area contributed by atoms with Crippen molar-refractivity contribution in [2.45, 2.75) is 12.8 Å². The zero-order valence-electron chi connectivity index (χ0n) is 16.3. The average molecular weight is 471 g/mol. The molecule has 10 nitrogen and oxygen atoms in total. The lowest BCUT2D eigenvalue weighted by Crippen LogP contribution is -2.30. The number of carboxylic acids is 4. The van der Waals surface area contributed by atoms with E-state index in [4.69, 9.17) is 39.6 Å². The van der Waals surface area contributed by atoms with Gasteiger partial charge in [-0.3, -0.25) is 0 Å². The highest BCUT2D eigenvalue weighted by Crippen LogP contribution is 2.15. The molecule has 0 unspecified atom stereocenters. The lowest BCUT2D eigenvalue weighted by molar-refractivity contribution is -0.378. The summed E-state index contributed by atoms with van der Waals surface area (Å²) in [4.78, 5) is 42.2. The molecule has 168 valence electrons. The molecule has 31 heavy (non-hydrogen) atoms. The van der Waals surface area contributed by atoms with Gasteiger partial charge in [0.2, 0.25) is 0 Å². The molecule has 2 heterocycles. The van der Waals surface area contributed by atoms with Gasteiger partial charge in [0.15, 0.2) is 36.7 Å². The third-order valence-electron chi connectivity index (χ3n) is 3.16. The zero-order valence-corrected chi connectivity index (χ0v) is 17.9. The molecule has 2 aromatic heterocycles. The second-order valence-electron chi connectivity index (χ2n) is 5.44. The molecule has 0 saturated heterocycles. The van der Waals surface area contributed by atoms with E-state index in [-0.39, 0.29) is 0 Å². The number of aliphatic carboxylic acids is 4. The van der Waals surface area contributed by atoms with Crippen LogP contribution in [0.2, 0.25) is 0 Å². The fourth-order valence-corrected chi connectivity index (χ4v) is 3.91. The van der Waals surface area contributed by atoms with Gasteiger partial charge in [0.25, 0.3) is 0 Å². The molecule has 0 bridgehead atoms. The topological polar surface area (TPSA) is 183 Å². The summed E-state index contributed by atoms with van der Waals surface area (Å²) in [5, 5.41) is 33.8. The van der Waals surface area contributed by atoms with Gasteiger partial charge in [-0.1, -0.05) is 0 Å². The number of hydrogen-bond acceptors (Lipinski definition) is 8. The number of aromatic amines is 2. The van der Waals surface area contributed by atoms with Crippen molar-refractivity contribution in [3.8, 4) is 0 Å². The van der Waals surface area contributed by atoms with E-state index in [2.05, 4.69) is 34.2 Å². The number of hydrogen-bond donors (Lipinski definition) is 2. The molecule has 4 N–H and O–H groups in total. The van der Waals surface area contributed by atoms with Crippen molar-refractivity contribution < 1.29 is 49.6 Å². The molecule has 0 amide bonds. The Morgan fingerprint density at radius 3 is 1.26 bits per heavy atom. The third-order valence-corrected chi connectivity index (χ3v) is 5.48. The van der Waals surface area contributed by atoms with Crippen molar-refractivity contribution in [3.63, 3.8) is 0 Å². The minimum Gasteiger partial charge on any atom is -0.539 e. The Labute approximate surface area is 186 Å². The van der Waals surface area contributed by atoms with E-state index in [1.807, 2.05) is 48.3 Å². The molecular weight excluding hydrogens is 448 g/mol. The van der Waals surface area contributed by atoms with Gasteiger partial charge in [-0.05, 0) is 35.5 Å². The summed E-state index contributed by atoms with van der Waals surface area (Å²) in [5.74, 6) is -5.61. The van der Waals surface area contributed by atoms with Crippen molar-refractivity contribution in [2.75, 3.05) is 16.6 Å². The maximum atomic E-state index is 9.04. The minimum atomic E-state index is -2.07. The van der Waals surface area contributed by atoms with Gasteiger partial charge in [-0.2, -0.15) is 23.5 Å². The fourth-order valence-electron chi connectivity index (χ4n) is 1.73. The van der Waals surface area contributed by atoms with E-state index in [1.54, 1.807) is 0 Å². The summed E-state index contributed by atoms with van der Waals surface area (Å²) in [6.07, 6.45) is 10.3. The molecule has 0 atom stereocenters. The first-order chi connectivity index (χ1) is 14.7. The highest BCUT2D eigenvalue weighted by Gasteiger charge is 1.97. The minimum absolute atomic E-state index is 1.16. The Morgan fingerprint density at radius 1 is 0.710 bits per heavy atom. The normalized spacial score (nSPS) is 9.29. The van der Waals surface area contributed by atoms with E-state index in [1.165, 1.54) is 27.7 Å². The first-order valence-corrected chi connectivity index (χ1v) is 11.0. The maximum absolute atomic E-state index is 9.04. The Bertz CT molecular complexity index is 716. The van der Waals surface area contributed by atoms with Gasteiger partial charge >= 0.3 is 11.9 Å². The van der Waals surface area contributed by atoms with Crippen molar-refractivity contribution in [1.82, 2.24) is 0 Å². The fraction of sp³-hybridized carbons (Fsp3) is 0.263. The quantitative estimate of drug-likeness (QED) is 0.253. The number of pyridine rings is 2. The van der Waals surface area contributed by atoms with Crippen LogP contribution in [0.4, 0.5) is 0 Å². The summed E-state index contributed by atoms with van der Waals surface area (Å²) >= 11 is 4.06. The number of carbonyl (C=O) groups is 4. The first-order valence-electron chi connectivity index (χ1n) is 8.68. The van der Waals surface area contributed by atoms with E-state index in [0.717, 1.165) is 12.8 Å². The molecule has 2 rings (SSSR count). The molecule has 0 saturated carbocycles. The van der Waals surface area contributed by atoms with Gasteiger partial charge in [0.05, 0.1) is 0 Å². The predicted octanol–water partition coefficient (Wildman–Crippen LogP) is -1.83. The number of thioether (sulfide) groups is 2. The van der Waals surface area contributed by atoms with Gasteiger partial charge in [0, 0.05) is 29.4 Å². The van der Waals surface area contributed by atoms with Gasteiger partial charge < -0.3 is 30.0 Å². The Balaban J connectivity index is 0.000000620. The largest absolute Gasteiger partial charge is 0.539 e. The van der Waals surface area contributed by atoms with Crippen molar-refractivity contribution in [2.24, 2.45) is 0 Å². The van der Waals surface area contributed by atoms with E-state index < -0.39 is 23.9 Å². The number of aromatic nitrogens is 2. The number of rotatable bonds is 8. The molecule has 0 aromatic carbocycles. The molecule has 0 fully saturated rings. The summed E-state index contributed by atoms with van der Waals surface area (Å²) in [6.45, 7) is 0. The molecule has 0 aliphatic rings. The molecule has 0 aliphatic heterocycles. The molecule has 12 heteroatoms. The van der Waals surface area contributed by atoms with E-state index in [0.29, 0.717) is 0 Å². The summed E-state index contributed by atoms with van der Waals surface area (Å²) < 4.78 is 0. The standard InChI is InChI=1S/C15H18N2S2.2C2H2O4/c1-7-16-8-2-14(1)5-11-18-13-19-12-6-15-3-9-17-10-4-15;2*3-1(4)2(5)6/h1-4,7-10H,5-6,11-13H2;2*(H,3,4)(H,5,6). The van der Waals surface area contributed by atoms with Crippen LogP contribution in [0.15, 0.2) is 49.1 Å². The number of H-pyrrole nitrogens is 2. The van der Waals surface area contributed by atoms with Crippen LogP contribution in [0.25, 0.3) is 0 Å². The Hall–Kier alpha value is -3.12. The maximum Gasteiger partial charge on any atom is 0.351 e. The number of carboxylic acid groups (broad SMARTS) is 4. The third kappa shape index (κ3) is 17.4. The summed E-state index contributed by atoms with van der Waals surface area (Å²) in [6, 6.07) is 8.61. The lowest BCUT2D eigenvalue weighted by atomic mass is 10.2. The van der Waals surface area contributed by atoms with Crippen LogP contribution in [0.5, 0.6) is 0 Å². The number of nitrogens with one attached hydrogen (secondary N) is 2. The molecule has 0 aliphatic carbocycles. The SMILES string of the molecule is O=C([O-])C(=O)O.O=C([O-])C(=O)O.c1cc(CCSCSCCc2cc[nH+]cc2)cc[nH+]1. The summed E-state index contributed by atoms with van der Waals surface area (Å²) in [5.41, 5.74) is 2.83. The average Bonchev–Trinajstić information content (AvgIpc) is 2.75. The highest BCUT2D eigenvalue weighted by atomic mass is 32.2. The molecular formula is C19H22N2O8S2. The van der Waals surface area contributed by atoms with E-state index in [9.17, 15) is 0 Å². The predicted molar refractivity (Wildman–Crippen MR) is 108 cm³/mol.